The monoisotopic (exact) mass is 379 g/mol. The maximum atomic E-state index is 12.5. The first-order valence-electron chi connectivity index (χ1n) is 8.78. The fourth-order valence-corrected chi connectivity index (χ4v) is 2.36. The zero-order chi connectivity index (χ0) is 20.4. The number of benzene rings is 1. The van der Waals surface area contributed by atoms with Gasteiger partial charge < -0.3 is 15.6 Å². The summed E-state index contributed by atoms with van der Waals surface area (Å²) in [6.07, 6.45) is 0.0981. The van der Waals surface area contributed by atoms with Crippen molar-refractivity contribution in [1.82, 2.24) is 5.06 Å². The molecule has 1 rings (SSSR count). The Hall–Kier alpha value is -2.45. The number of carboxylic acid groups (broad SMARTS) is 1. The molecule has 8 heteroatoms. The van der Waals surface area contributed by atoms with Gasteiger partial charge in [0.05, 0.1) is 19.6 Å². The van der Waals surface area contributed by atoms with Gasteiger partial charge in [0.25, 0.3) is 5.91 Å². The molecule has 0 fully saturated rings. The summed E-state index contributed by atoms with van der Waals surface area (Å²) in [4.78, 5) is 32.9. The minimum Gasteiger partial charge on any atom is -0.481 e. The minimum atomic E-state index is -1.07. The average molecular weight is 379 g/mol. The van der Waals surface area contributed by atoms with E-state index in [0.29, 0.717) is 6.42 Å². The van der Waals surface area contributed by atoms with Crippen molar-refractivity contribution >= 4 is 17.8 Å². The second-order valence-corrected chi connectivity index (χ2v) is 6.61. The molecule has 0 unspecified atom stereocenters. The largest absolute Gasteiger partial charge is 0.481 e. The number of aliphatic imine (C=N–C) groups is 1. The number of nitrogens with zero attached hydrogens (tertiary/aromatic N) is 2. The van der Waals surface area contributed by atoms with E-state index in [4.69, 9.17) is 20.4 Å². The molecule has 1 aromatic rings. The predicted octanol–water partition coefficient (Wildman–Crippen LogP) is 1.84. The summed E-state index contributed by atoms with van der Waals surface area (Å²) in [7, 11) is 2.88. The molecule has 150 valence electrons. The molecule has 0 aromatic heterocycles. The van der Waals surface area contributed by atoms with E-state index in [-0.39, 0.29) is 30.8 Å². The maximum absolute atomic E-state index is 12.5. The summed E-state index contributed by atoms with van der Waals surface area (Å²) in [5, 5.41) is 10.1. The van der Waals surface area contributed by atoms with Gasteiger partial charge in [-0.05, 0) is 17.9 Å². The fraction of sp³-hybridized carbons (Fsp3) is 0.526. The first kappa shape index (κ1) is 22.6. The molecule has 0 aliphatic rings. The molecule has 0 radical (unpaired) electrons. The van der Waals surface area contributed by atoms with Crippen LogP contribution < -0.4 is 5.73 Å². The van der Waals surface area contributed by atoms with Gasteiger partial charge in [-0.2, -0.15) is 0 Å². The highest BCUT2D eigenvalue weighted by Gasteiger charge is 2.26. The average Bonchev–Trinajstić information content (AvgIpc) is 2.62. The molecule has 3 N–H and O–H groups in total. The van der Waals surface area contributed by atoms with Crippen molar-refractivity contribution in [2.75, 3.05) is 14.2 Å². The topological polar surface area (TPSA) is 114 Å². The number of carbonyl (C=O) groups is 2. The highest BCUT2D eigenvalue weighted by molar-refractivity contribution is 5.89. The van der Waals surface area contributed by atoms with E-state index in [1.807, 2.05) is 44.2 Å². The van der Waals surface area contributed by atoms with E-state index in [9.17, 15) is 9.59 Å². The molecule has 0 spiro atoms. The van der Waals surface area contributed by atoms with Crippen LogP contribution in [-0.2, 0) is 25.8 Å². The van der Waals surface area contributed by atoms with Crippen LogP contribution in [0.5, 0.6) is 0 Å². The number of hydrogen-bond donors (Lipinski definition) is 2. The van der Waals surface area contributed by atoms with Crippen molar-refractivity contribution in [2.24, 2.45) is 16.6 Å². The fourth-order valence-electron chi connectivity index (χ4n) is 2.36. The third-order valence-corrected chi connectivity index (χ3v) is 3.79. The van der Waals surface area contributed by atoms with Crippen molar-refractivity contribution < 1.29 is 24.3 Å². The molecule has 0 bridgehead atoms. The normalized spacial score (nSPS) is 13.9. The van der Waals surface area contributed by atoms with Crippen LogP contribution in [0.25, 0.3) is 0 Å². The number of carbonyl (C=O) groups excluding carboxylic acids is 1. The smallest absolute Gasteiger partial charge is 0.305 e. The molecule has 8 nitrogen and oxygen atoms in total. The first-order valence-corrected chi connectivity index (χ1v) is 8.78. The third-order valence-electron chi connectivity index (χ3n) is 3.79. The van der Waals surface area contributed by atoms with E-state index in [1.165, 1.54) is 14.2 Å². The first-order chi connectivity index (χ1) is 12.7. The number of rotatable bonds is 10. The quantitative estimate of drug-likeness (QED) is 0.364. The standard InChI is InChI=1S/C19H29N3O5/c1-13(2)10-16(19(25)22(3)26-4)21-18(15(20)11-17(23)24)27-12-14-8-6-5-7-9-14/h5-9,13,15-16H,10-12,20H2,1-4H3,(H,23,24)/t15-,16+/m1/s1. The maximum Gasteiger partial charge on any atom is 0.305 e. The number of nitrogens with two attached hydrogens (primary N) is 1. The predicted molar refractivity (Wildman–Crippen MR) is 102 cm³/mol. The summed E-state index contributed by atoms with van der Waals surface area (Å²) in [6, 6.07) is 7.62. The van der Waals surface area contributed by atoms with Crippen molar-refractivity contribution in [1.29, 1.82) is 0 Å². The number of likely N-dealkylation sites (N-methyl/N-ethyl adjacent to an activating group) is 1. The SMILES string of the molecule is CON(C)C(=O)[C@H](CC(C)C)N=C(OCc1ccccc1)[C@H](N)CC(=O)O. The van der Waals surface area contributed by atoms with E-state index >= 15 is 0 Å². The van der Waals surface area contributed by atoms with Crippen LogP contribution in [0.3, 0.4) is 0 Å². The number of hydrogen-bond acceptors (Lipinski definition) is 6. The lowest BCUT2D eigenvalue weighted by Gasteiger charge is -2.23. The second kappa shape index (κ2) is 11.3. The summed E-state index contributed by atoms with van der Waals surface area (Å²) >= 11 is 0. The summed E-state index contributed by atoms with van der Waals surface area (Å²) in [5.41, 5.74) is 6.86. The van der Waals surface area contributed by atoms with Gasteiger partial charge in [0, 0.05) is 7.05 Å². The van der Waals surface area contributed by atoms with E-state index in [0.717, 1.165) is 10.6 Å². The lowest BCUT2D eigenvalue weighted by Crippen LogP contribution is -2.40. The molecule has 0 aliphatic heterocycles. The van der Waals surface area contributed by atoms with Gasteiger partial charge in [-0.3, -0.25) is 14.4 Å². The van der Waals surface area contributed by atoms with Crippen LogP contribution in [0.15, 0.2) is 35.3 Å². The summed E-state index contributed by atoms with van der Waals surface area (Å²) in [6.45, 7) is 4.10. The van der Waals surface area contributed by atoms with Gasteiger partial charge in [0.15, 0.2) is 0 Å². The number of aliphatic carboxylic acids is 1. The number of ether oxygens (including phenoxy) is 1. The molecule has 2 atom stereocenters. The van der Waals surface area contributed by atoms with Crippen molar-refractivity contribution in [3.63, 3.8) is 0 Å². The lowest BCUT2D eigenvalue weighted by atomic mass is 10.0. The zero-order valence-corrected chi connectivity index (χ0v) is 16.3. The number of carboxylic acids is 1. The molecule has 0 saturated heterocycles. The molecule has 1 amide bonds. The Morgan fingerprint density at radius 2 is 1.89 bits per heavy atom. The van der Waals surface area contributed by atoms with Crippen LogP contribution in [-0.4, -0.2) is 54.2 Å². The van der Waals surface area contributed by atoms with Crippen LogP contribution >= 0.6 is 0 Å². The molecule has 0 aliphatic carbocycles. The Kier molecular flexibility index (Phi) is 9.46. The number of hydroxylamine groups is 2. The van der Waals surface area contributed by atoms with Crippen LogP contribution in [0.1, 0.15) is 32.3 Å². The van der Waals surface area contributed by atoms with Crippen LogP contribution in [0.4, 0.5) is 0 Å². The minimum absolute atomic E-state index is 0.0461. The highest BCUT2D eigenvalue weighted by atomic mass is 16.7. The lowest BCUT2D eigenvalue weighted by molar-refractivity contribution is -0.170. The van der Waals surface area contributed by atoms with Crippen molar-refractivity contribution in [3.8, 4) is 0 Å². The van der Waals surface area contributed by atoms with Gasteiger partial charge >= 0.3 is 5.97 Å². The highest BCUT2D eigenvalue weighted by Crippen LogP contribution is 2.14. The van der Waals surface area contributed by atoms with Gasteiger partial charge in [0.1, 0.15) is 12.6 Å². The zero-order valence-electron chi connectivity index (χ0n) is 16.3. The Labute approximate surface area is 159 Å². The Morgan fingerprint density at radius 3 is 2.41 bits per heavy atom. The van der Waals surface area contributed by atoms with Gasteiger partial charge in [-0.25, -0.2) is 10.1 Å². The van der Waals surface area contributed by atoms with Gasteiger partial charge in [-0.1, -0.05) is 44.2 Å². The Balaban J connectivity index is 3.09. The Morgan fingerprint density at radius 1 is 1.26 bits per heavy atom. The molecular formula is C19H29N3O5. The molecular weight excluding hydrogens is 350 g/mol. The van der Waals surface area contributed by atoms with Gasteiger partial charge in [0.2, 0.25) is 5.90 Å². The van der Waals surface area contributed by atoms with E-state index in [1.54, 1.807) is 0 Å². The molecule has 0 saturated carbocycles. The number of amides is 1. The summed E-state index contributed by atoms with van der Waals surface area (Å²) < 4.78 is 5.72. The van der Waals surface area contributed by atoms with Crippen LogP contribution in [0, 0.1) is 5.92 Å². The van der Waals surface area contributed by atoms with E-state index < -0.39 is 18.1 Å². The van der Waals surface area contributed by atoms with Gasteiger partial charge in [-0.15, -0.1) is 0 Å². The molecule has 1 aromatic carbocycles. The Bertz CT molecular complexity index is 633. The second-order valence-electron chi connectivity index (χ2n) is 6.61. The third kappa shape index (κ3) is 8.19. The van der Waals surface area contributed by atoms with Crippen molar-refractivity contribution in [3.05, 3.63) is 35.9 Å². The van der Waals surface area contributed by atoms with Crippen LogP contribution in [0.2, 0.25) is 0 Å². The molecule has 27 heavy (non-hydrogen) atoms. The molecule has 0 heterocycles. The summed E-state index contributed by atoms with van der Waals surface area (Å²) in [5.74, 6) is -1.20. The van der Waals surface area contributed by atoms with E-state index in [2.05, 4.69) is 4.99 Å². The van der Waals surface area contributed by atoms with Crippen molar-refractivity contribution in [2.45, 2.75) is 45.4 Å².